The molecule has 0 bridgehead atoms. The van der Waals surface area contributed by atoms with E-state index in [4.69, 9.17) is 4.98 Å². The molecular formula is C19H20N4S. The summed E-state index contributed by atoms with van der Waals surface area (Å²) in [6, 6.07) is 6.25. The molecule has 0 spiro atoms. The molecule has 1 aliphatic rings. The van der Waals surface area contributed by atoms with Crippen molar-refractivity contribution in [1.82, 2.24) is 19.9 Å². The second kappa shape index (κ2) is 6.42. The minimum Gasteiger partial charge on any atom is -0.292 e. The first-order valence-electron chi connectivity index (χ1n) is 8.22. The van der Waals surface area contributed by atoms with Crippen molar-refractivity contribution < 1.29 is 0 Å². The van der Waals surface area contributed by atoms with E-state index in [1.807, 2.05) is 35.9 Å². The highest BCUT2D eigenvalue weighted by Crippen LogP contribution is 2.25. The zero-order chi connectivity index (χ0) is 16.5. The Labute approximate surface area is 146 Å². The Morgan fingerprint density at radius 1 is 1.25 bits per heavy atom. The summed E-state index contributed by atoms with van der Waals surface area (Å²) >= 11 is 1.91. The van der Waals surface area contributed by atoms with Crippen LogP contribution in [0.4, 0.5) is 0 Å². The first-order valence-corrected chi connectivity index (χ1v) is 9.04. The van der Waals surface area contributed by atoms with Gasteiger partial charge in [0.2, 0.25) is 0 Å². The highest BCUT2D eigenvalue weighted by molar-refractivity contribution is 7.12. The minimum atomic E-state index is 0.770. The van der Waals surface area contributed by atoms with E-state index in [1.165, 1.54) is 20.9 Å². The minimum absolute atomic E-state index is 0.770. The van der Waals surface area contributed by atoms with Gasteiger partial charge in [-0.15, -0.1) is 11.3 Å². The zero-order valence-corrected chi connectivity index (χ0v) is 14.8. The van der Waals surface area contributed by atoms with E-state index in [-0.39, 0.29) is 0 Å². The van der Waals surface area contributed by atoms with Crippen LogP contribution < -0.4 is 0 Å². The van der Waals surface area contributed by atoms with Crippen molar-refractivity contribution in [2.24, 2.45) is 0 Å². The van der Waals surface area contributed by atoms with Gasteiger partial charge in [0.1, 0.15) is 0 Å². The first kappa shape index (κ1) is 15.4. The van der Waals surface area contributed by atoms with Gasteiger partial charge >= 0.3 is 0 Å². The SMILES string of the molecule is Cc1cc(CN2CCc3cnc(-c4cccnc4)nc3C2)sc1C. The molecule has 4 nitrogen and oxygen atoms in total. The van der Waals surface area contributed by atoms with Crippen molar-refractivity contribution in [3.63, 3.8) is 0 Å². The molecule has 3 aromatic heterocycles. The van der Waals surface area contributed by atoms with Gasteiger partial charge in [0.25, 0.3) is 0 Å². The summed E-state index contributed by atoms with van der Waals surface area (Å²) in [7, 11) is 0. The number of hydrogen-bond donors (Lipinski definition) is 0. The van der Waals surface area contributed by atoms with Crippen LogP contribution in [0.5, 0.6) is 0 Å². The molecule has 5 heteroatoms. The number of rotatable bonds is 3. The van der Waals surface area contributed by atoms with Crippen molar-refractivity contribution in [3.05, 3.63) is 63.4 Å². The van der Waals surface area contributed by atoms with Gasteiger partial charge in [0, 0.05) is 53.5 Å². The molecule has 0 N–H and O–H groups in total. The predicted octanol–water partition coefficient (Wildman–Crippen LogP) is 3.78. The van der Waals surface area contributed by atoms with E-state index < -0.39 is 0 Å². The fraction of sp³-hybridized carbons (Fsp3) is 0.316. The standard InChI is InChI=1S/C19H20N4S/c1-13-8-17(24-14(13)2)11-23-7-5-15-10-21-19(22-18(15)12-23)16-4-3-6-20-9-16/h3-4,6,8-10H,5,7,11-12H2,1-2H3. The average molecular weight is 336 g/mol. The maximum atomic E-state index is 4.81. The summed E-state index contributed by atoms with van der Waals surface area (Å²) < 4.78 is 0. The van der Waals surface area contributed by atoms with Crippen molar-refractivity contribution in [1.29, 1.82) is 0 Å². The van der Waals surface area contributed by atoms with Gasteiger partial charge in [0.05, 0.1) is 5.69 Å². The summed E-state index contributed by atoms with van der Waals surface area (Å²) in [4.78, 5) is 18.8. The third-order valence-electron chi connectivity index (χ3n) is 4.54. The second-order valence-electron chi connectivity index (χ2n) is 6.32. The molecule has 4 rings (SSSR count). The third-order valence-corrected chi connectivity index (χ3v) is 5.68. The van der Waals surface area contributed by atoms with Gasteiger partial charge in [-0.3, -0.25) is 9.88 Å². The molecule has 0 radical (unpaired) electrons. The number of pyridine rings is 1. The van der Waals surface area contributed by atoms with E-state index in [0.717, 1.165) is 43.1 Å². The van der Waals surface area contributed by atoms with E-state index in [9.17, 15) is 0 Å². The van der Waals surface area contributed by atoms with Gasteiger partial charge < -0.3 is 0 Å². The molecule has 0 amide bonds. The van der Waals surface area contributed by atoms with E-state index in [0.29, 0.717) is 0 Å². The third kappa shape index (κ3) is 3.09. The fourth-order valence-electron chi connectivity index (χ4n) is 3.07. The molecule has 0 aliphatic carbocycles. The van der Waals surface area contributed by atoms with Gasteiger partial charge in [0.15, 0.2) is 5.82 Å². The van der Waals surface area contributed by atoms with Gasteiger partial charge in [-0.1, -0.05) is 0 Å². The van der Waals surface area contributed by atoms with Crippen LogP contribution in [0.25, 0.3) is 11.4 Å². The largest absolute Gasteiger partial charge is 0.292 e. The van der Waals surface area contributed by atoms with Crippen LogP contribution in [0.3, 0.4) is 0 Å². The van der Waals surface area contributed by atoms with Crippen LogP contribution in [0, 0.1) is 13.8 Å². The second-order valence-corrected chi connectivity index (χ2v) is 7.66. The first-order chi connectivity index (χ1) is 11.7. The van der Waals surface area contributed by atoms with Crippen LogP contribution in [-0.4, -0.2) is 26.4 Å². The Balaban J connectivity index is 1.55. The van der Waals surface area contributed by atoms with E-state index in [2.05, 4.69) is 34.8 Å². The maximum Gasteiger partial charge on any atom is 0.160 e. The molecular weight excluding hydrogens is 316 g/mol. The number of nitrogens with zero attached hydrogens (tertiary/aromatic N) is 4. The summed E-state index contributed by atoms with van der Waals surface area (Å²) in [5.41, 5.74) is 4.80. The lowest BCUT2D eigenvalue weighted by molar-refractivity contribution is 0.243. The number of aromatic nitrogens is 3. The molecule has 4 heterocycles. The summed E-state index contributed by atoms with van der Waals surface area (Å²) in [5.74, 6) is 0.770. The average Bonchev–Trinajstić information content (AvgIpc) is 2.92. The summed E-state index contributed by atoms with van der Waals surface area (Å²) in [6.07, 6.45) is 6.60. The quantitative estimate of drug-likeness (QED) is 0.730. The summed E-state index contributed by atoms with van der Waals surface area (Å²) in [5, 5.41) is 0. The molecule has 0 saturated heterocycles. The molecule has 0 saturated carbocycles. The van der Waals surface area contributed by atoms with Crippen LogP contribution in [0.1, 0.15) is 26.6 Å². The lowest BCUT2D eigenvalue weighted by Gasteiger charge is -2.27. The van der Waals surface area contributed by atoms with Crippen LogP contribution in [0.15, 0.2) is 36.8 Å². The molecule has 0 fully saturated rings. The smallest absolute Gasteiger partial charge is 0.160 e. The molecule has 24 heavy (non-hydrogen) atoms. The van der Waals surface area contributed by atoms with Gasteiger partial charge in [-0.05, 0) is 49.6 Å². The molecule has 122 valence electrons. The Morgan fingerprint density at radius 2 is 2.17 bits per heavy atom. The number of hydrogen-bond acceptors (Lipinski definition) is 5. The Kier molecular flexibility index (Phi) is 4.12. The topological polar surface area (TPSA) is 41.9 Å². The number of fused-ring (bicyclic) bond motifs is 1. The molecule has 1 aliphatic heterocycles. The Morgan fingerprint density at radius 3 is 2.92 bits per heavy atom. The van der Waals surface area contributed by atoms with Crippen LogP contribution >= 0.6 is 11.3 Å². The van der Waals surface area contributed by atoms with E-state index >= 15 is 0 Å². The lowest BCUT2D eigenvalue weighted by Crippen LogP contribution is -2.30. The van der Waals surface area contributed by atoms with Crippen molar-refractivity contribution in [2.75, 3.05) is 6.54 Å². The fourth-order valence-corrected chi connectivity index (χ4v) is 4.17. The molecule has 0 unspecified atom stereocenters. The van der Waals surface area contributed by atoms with Crippen molar-refractivity contribution >= 4 is 11.3 Å². The molecule has 0 aromatic carbocycles. The monoisotopic (exact) mass is 336 g/mol. The Bertz CT molecular complexity index is 838. The Hall–Kier alpha value is -2.11. The van der Waals surface area contributed by atoms with Crippen molar-refractivity contribution in [2.45, 2.75) is 33.4 Å². The molecule has 3 aromatic rings. The van der Waals surface area contributed by atoms with Crippen LogP contribution in [0.2, 0.25) is 0 Å². The zero-order valence-electron chi connectivity index (χ0n) is 14.0. The highest BCUT2D eigenvalue weighted by Gasteiger charge is 2.19. The summed E-state index contributed by atoms with van der Waals surface area (Å²) in [6.45, 7) is 7.35. The molecule has 0 atom stereocenters. The highest BCUT2D eigenvalue weighted by atomic mass is 32.1. The predicted molar refractivity (Wildman–Crippen MR) is 96.9 cm³/mol. The maximum absolute atomic E-state index is 4.81. The normalized spacial score (nSPS) is 14.6. The van der Waals surface area contributed by atoms with Gasteiger partial charge in [-0.2, -0.15) is 0 Å². The van der Waals surface area contributed by atoms with Crippen LogP contribution in [-0.2, 0) is 19.5 Å². The van der Waals surface area contributed by atoms with E-state index in [1.54, 1.807) is 6.20 Å². The van der Waals surface area contributed by atoms with Gasteiger partial charge in [-0.25, -0.2) is 9.97 Å². The van der Waals surface area contributed by atoms with Crippen molar-refractivity contribution in [3.8, 4) is 11.4 Å². The number of aryl methyl sites for hydroxylation is 2. The lowest BCUT2D eigenvalue weighted by atomic mass is 10.1. The number of thiophene rings is 1.